The highest BCUT2D eigenvalue weighted by Crippen LogP contribution is 2.49. The summed E-state index contributed by atoms with van der Waals surface area (Å²) in [6.45, 7) is 11.5. The predicted molar refractivity (Wildman–Crippen MR) is 244 cm³/mol. The Morgan fingerprint density at radius 1 is 0.500 bits per heavy atom. The lowest BCUT2D eigenvalue weighted by Crippen LogP contribution is -2.68. The fraction of sp³-hybridized carbons (Fsp3) is 0.980. The second-order valence-electron chi connectivity index (χ2n) is 18.8. The lowest BCUT2D eigenvalue weighted by Gasteiger charge is -2.53. The van der Waals surface area contributed by atoms with E-state index in [1.54, 1.807) is 27.7 Å². The largest absolute Gasteiger partial charge is 0.474 e. The van der Waals surface area contributed by atoms with Crippen molar-refractivity contribution in [2.45, 2.75) is 289 Å². The molecule has 10 nitrogen and oxygen atoms in total. The molecule has 11 heteroatoms. The van der Waals surface area contributed by atoms with Crippen LogP contribution in [0.4, 0.5) is 0 Å². The molecule has 0 aromatic rings. The van der Waals surface area contributed by atoms with Gasteiger partial charge in [0.25, 0.3) is 0 Å². The summed E-state index contributed by atoms with van der Waals surface area (Å²) in [5.41, 5.74) is 0. The first-order chi connectivity index (χ1) is 28.9. The van der Waals surface area contributed by atoms with E-state index in [1.165, 1.54) is 181 Å². The van der Waals surface area contributed by atoms with E-state index in [0.29, 0.717) is 0 Å². The van der Waals surface area contributed by atoms with E-state index >= 15 is 0 Å². The summed E-state index contributed by atoms with van der Waals surface area (Å²) in [7, 11) is -1.26. The first-order valence-electron chi connectivity index (χ1n) is 25.2. The molecule has 2 heterocycles. The maximum absolute atomic E-state index is 14.2. The van der Waals surface area contributed by atoms with E-state index in [9.17, 15) is 9.36 Å². The van der Waals surface area contributed by atoms with Crippen molar-refractivity contribution in [3.8, 4) is 0 Å². The number of rotatable bonds is 39. The number of ether oxygens (including phenoxy) is 5. The molecule has 2 saturated heterocycles. The lowest BCUT2D eigenvalue weighted by molar-refractivity contribution is -0.420. The highest BCUT2D eigenvalue weighted by Gasteiger charge is 2.57. The summed E-state index contributed by atoms with van der Waals surface area (Å²) in [5.74, 6) is -2.68. The minimum atomic E-state index is -3.78. The molecular formula is C49H95O10P. The summed E-state index contributed by atoms with van der Waals surface area (Å²) in [6, 6.07) is 0. The van der Waals surface area contributed by atoms with Gasteiger partial charge in [-0.25, -0.2) is 9.36 Å². The van der Waals surface area contributed by atoms with Gasteiger partial charge in [-0.3, -0.25) is 13.6 Å². The first-order valence-corrected chi connectivity index (χ1v) is 26.6. The van der Waals surface area contributed by atoms with Gasteiger partial charge in [0.2, 0.25) is 0 Å². The molecule has 0 aromatic carbocycles. The lowest BCUT2D eigenvalue weighted by atomic mass is 9.97. The predicted octanol–water partition coefficient (Wildman–Crippen LogP) is 14.9. The minimum absolute atomic E-state index is 0.161. The molecule has 2 aliphatic heterocycles. The highest BCUT2D eigenvalue weighted by molar-refractivity contribution is 7.48. The van der Waals surface area contributed by atoms with Gasteiger partial charge in [-0.05, 0) is 53.4 Å². The van der Waals surface area contributed by atoms with E-state index < -0.39 is 49.8 Å². The zero-order valence-corrected chi connectivity index (χ0v) is 41.1. The average molecular weight is 875 g/mol. The van der Waals surface area contributed by atoms with Crippen LogP contribution < -0.4 is 0 Å². The van der Waals surface area contributed by atoms with Crippen molar-refractivity contribution >= 4 is 13.8 Å². The third kappa shape index (κ3) is 25.1. The van der Waals surface area contributed by atoms with Crippen molar-refractivity contribution in [2.24, 2.45) is 0 Å². The van der Waals surface area contributed by atoms with Gasteiger partial charge >= 0.3 is 13.8 Å². The molecule has 2 rings (SSSR count). The number of phosphoric ester groups is 1. The molecule has 0 aromatic heterocycles. The normalized spacial score (nSPS) is 21.4. The summed E-state index contributed by atoms with van der Waals surface area (Å²) in [5, 5.41) is 0. The number of hydrogen-bond donors (Lipinski definition) is 0. The molecule has 60 heavy (non-hydrogen) atoms. The van der Waals surface area contributed by atoms with Crippen LogP contribution in [-0.4, -0.2) is 68.9 Å². The second kappa shape index (κ2) is 33.0. The summed E-state index contributed by atoms with van der Waals surface area (Å²) in [6.07, 6.45) is 37.7. The first kappa shape index (κ1) is 55.6. The molecule has 0 radical (unpaired) electrons. The maximum atomic E-state index is 14.2. The third-order valence-corrected chi connectivity index (χ3v) is 13.7. The monoisotopic (exact) mass is 875 g/mol. The number of carbonyl (C=O) groups excluding carboxylic acids is 1. The van der Waals surface area contributed by atoms with Crippen LogP contribution in [0.15, 0.2) is 0 Å². The molecule has 2 aliphatic rings. The van der Waals surface area contributed by atoms with Gasteiger partial charge in [0.15, 0.2) is 17.7 Å². The Balaban J connectivity index is 1.88. The Hall–Kier alpha value is -0.580. The van der Waals surface area contributed by atoms with Gasteiger partial charge in [-0.15, -0.1) is 0 Å². The van der Waals surface area contributed by atoms with Crippen molar-refractivity contribution in [2.75, 3.05) is 20.8 Å². The van der Waals surface area contributed by atoms with Crippen LogP contribution in [0, 0.1) is 0 Å². The van der Waals surface area contributed by atoms with Crippen LogP contribution in [0.25, 0.3) is 0 Å². The Bertz CT molecular complexity index is 1060. The molecule has 0 bridgehead atoms. The number of carbonyl (C=O) groups is 1. The number of phosphoric acid groups is 1. The van der Waals surface area contributed by atoms with E-state index in [0.717, 1.165) is 38.5 Å². The van der Waals surface area contributed by atoms with Crippen molar-refractivity contribution in [3.05, 3.63) is 0 Å². The van der Waals surface area contributed by atoms with Gasteiger partial charge in [-0.2, -0.15) is 0 Å². The number of esters is 1. The van der Waals surface area contributed by atoms with Crippen LogP contribution in [0.2, 0.25) is 0 Å². The minimum Gasteiger partial charge on any atom is -0.460 e. The topological polar surface area (TPSA) is 108 Å². The standard InChI is InChI=1S/C49H95O10P/c1-9-11-13-15-17-19-21-23-25-27-29-31-33-35-37-39-42(40-38-36-34-32-30-28-26-24-22-20-18-16-14-12-10-2)55-47(50)46-45-44(57-49(5,6)59-46)43(56-48(3,4)58-45)41-54-60(51,52-7)53-8/h42-46H,9-41H2,1-8H3. The highest BCUT2D eigenvalue weighted by atomic mass is 31.2. The molecule has 4 atom stereocenters. The van der Waals surface area contributed by atoms with Crippen LogP contribution >= 0.6 is 7.82 Å². The summed E-state index contributed by atoms with van der Waals surface area (Å²) < 4.78 is 59.7. The quantitative estimate of drug-likeness (QED) is 0.0336. The zero-order valence-electron chi connectivity index (χ0n) is 40.3. The molecular weight excluding hydrogens is 780 g/mol. The Labute approximate surface area is 369 Å². The number of hydrogen-bond acceptors (Lipinski definition) is 10. The summed E-state index contributed by atoms with van der Waals surface area (Å²) >= 11 is 0. The van der Waals surface area contributed by atoms with Crippen molar-refractivity contribution < 1.29 is 46.6 Å². The van der Waals surface area contributed by atoms with Crippen molar-refractivity contribution in [1.82, 2.24) is 0 Å². The average Bonchev–Trinajstić information content (AvgIpc) is 3.22. The number of unbranched alkanes of at least 4 members (excludes halogenated alkanes) is 28. The van der Waals surface area contributed by atoms with E-state index in [4.69, 9.17) is 37.3 Å². The van der Waals surface area contributed by atoms with E-state index in [2.05, 4.69) is 13.8 Å². The van der Waals surface area contributed by atoms with Crippen LogP contribution in [-0.2, 0) is 46.6 Å². The molecule has 0 spiro atoms. The summed E-state index contributed by atoms with van der Waals surface area (Å²) in [4.78, 5) is 14.2. The van der Waals surface area contributed by atoms with Gasteiger partial charge in [-0.1, -0.05) is 194 Å². The van der Waals surface area contributed by atoms with Crippen LogP contribution in [0.1, 0.15) is 247 Å². The van der Waals surface area contributed by atoms with Gasteiger partial charge in [0.05, 0.1) is 6.61 Å². The molecule has 356 valence electrons. The van der Waals surface area contributed by atoms with Gasteiger partial charge in [0.1, 0.15) is 24.4 Å². The Morgan fingerprint density at radius 2 is 0.833 bits per heavy atom. The van der Waals surface area contributed by atoms with Gasteiger partial charge < -0.3 is 23.7 Å². The molecule has 0 N–H and O–H groups in total. The number of fused-ring (bicyclic) bond motifs is 1. The van der Waals surface area contributed by atoms with Crippen molar-refractivity contribution in [3.63, 3.8) is 0 Å². The maximum Gasteiger partial charge on any atom is 0.474 e. The van der Waals surface area contributed by atoms with E-state index in [1.807, 2.05) is 0 Å². The second-order valence-corrected chi connectivity index (χ2v) is 20.7. The SMILES string of the molecule is CCCCCCCCCCCCCCCCCC(CCCCCCCCCCCCCCCCC)OC(=O)C1OC(C)(C)OC2C(COP(=O)(OC)OC)OC(C)(C)OC12. The molecule has 0 amide bonds. The fourth-order valence-corrected chi connectivity index (χ4v) is 9.50. The molecule has 0 aliphatic carbocycles. The molecule has 0 saturated carbocycles. The fourth-order valence-electron chi connectivity index (χ4n) is 8.81. The Kier molecular flexibility index (Phi) is 30.5. The molecule has 4 unspecified atom stereocenters. The van der Waals surface area contributed by atoms with Gasteiger partial charge in [0, 0.05) is 14.2 Å². The van der Waals surface area contributed by atoms with Crippen LogP contribution in [0.3, 0.4) is 0 Å². The van der Waals surface area contributed by atoms with E-state index in [-0.39, 0.29) is 12.7 Å². The molecule has 2 fully saturated rings. The smallest absolute Gasteiger partial charge is 0.460 e. The Morgan fingerprint density at radius 3 is 1.20 bits per heavy atom. The van der Waals surface area contributed by atoms with Crippen molar-refractivity contribution in [1.29, 1.82) is 0 Å². The van der Waals surface area contributed by atoms with Crippen LogP contribution in [0.5, 0.6) is 0 Å². The third-order valence-electron chi connectivity index (χ3n) is 12.3. The zero-order chi connectivity index (χ0) is 44.0.